The fourth-order valence-corrected chi connectivity index (χ4v) is 10.6. The first-order valence-electron chi connectivity index (χ1n) is 36.4. The van der Waals surface area contributed by atoms with Crippen molar-refractivity contribution in [1.29, 1.82) is 0 Å². The molecule has 43 nitrogen and oxygen atoms in total. The van der Waals surface area contributed by atoms with Gasteiger partial charge in [0, 0.05) is 32.4 Å². The highest BCUT2D eigenvalue weighted by Crippen LogP contribution is 2.15. The lowest BCUT2D eigenvalue weighted by molar-refractivity contribution is -0.151. The molecule has 0 radical (unpaired) electrons. The van der Waals surface area contributed by atoms with E-state index in [-0.39, 0.29) is 75.3 Å². The molecule has 0 saturated heterocycles. The third-order valence-electron chi connectivity index (χ3n) is 17.4. The SMILES string of the molecule is CC[C@@H](C)[C@H](C=O)N[C@H](C)NC(=O)[C@@H](NC(=O)[C@H](NC(=O)[C@@H](NC(=O)[C@@H](NC(=O)[C@@H](NC(=O)[C@H](C(=O)CN)N1C/C=C/CCC(=O)N[C@@H](N[C@@H](C=O)CCC(N)=O)C(=O)N[C@@H](C(=O)[C@@H](N)C(C)C)C1=O)N[C@@H](C=O)CCCN=C(N)N)N[C@@H](C=O)CCC(N)=O)N[C@@H](C=O)CC(C)C)N[C@@H](C)C=O)N[C@@H](C=O)[C@H](C)CC. The van der Waals surface area contributed by atoms with Gasteiger partial charge in [-0.2, -0.15) is 0 Å². The number of aliphatic imine (C=N–C) groups is 1. The third-order valence-corrected chi connectivity index (χ3v) is 17.4. The van der Waals surface area contributed by atoms with E-state index in [1.807, 2.05) is 6.92 Å². The van der Waals surface area contributed by atoms with Crippen LogP contribution in [-0.4, -0.2) is 255 Å². The quantitative estimate of drug-likeness (QED) is 0.00511. The monoisotopic (exact) mass is 1570 g/mol. The van der Waals surface area contributed by atoms with Gasteiger partial charge in [0.2, 0.25) is 17.7 Å². The summed E-state index contributed by atoms with van der Waals surface area (Å²) in [5, 5.41) is 37.1. The zero-order valence-electron chi connectivity index (χ0n) is 64.2. The Balaban J connectivity index is 4.49. The van der Waals surface area contributed by atoms with Crippen LogP contribution in [0.5, 0.6) is 0 Å². The molecule has 0 aromatic rings. The molecule has 0 spiro atoms. The van der Waals surface area contributed by atoms with Crippen molar-refractivity contribution in [3.8, 4) is 0 Å². The number of hydrogen-bond donors (Lipinski definition) is 21. The van der Waals surface area contributed by atoms with Gasteiger partial charge in [0.1, 0.15) is 44.0 Å². The number of carbonyl (C=O) groups excluding carboxylic acids is 20. The van der Waals surface area contributed by atoms with Crippen LogP contribution in [0.4, 0.5) is 0 Å². The summed E-state index contributed by atoms with van der Waals surface area (Å²) in [6.07, 6.45) is -10.7. The van der Waals surface area contributed by atoms with Gasteiger partial charge in [-0.15, -0.1) is 0 Å². The summed E-state index contributed by atoms with van der Waals surface area (Å²) in [6.45, 7) is 14.0. The molecular formula is C68H115N23O20. The van der Waals surface area contributed by atoms with Gasteiger partial charge in [-0.1, -0.05) is 80.4 Å². The first-order valence-corrected chi connectivity index (χ1v) is 36.4. The number of amides is 11. The van der Waals surface area contributed by atoms with E-state index >= 15 is 19.2 Å². The van der Waals surface area contributed by atoms with E-state index in [0.29, 0.717) is 42.9 Å². The summed E-state index contributed by atoms with van der Waals surface area (Å²) >= 11 is 0. The van der Waals surface area contributed by atoms with Crippen molar-refractivity contribution in [3.63, 3.8) is 0 Å². The minimum atomic E-state index is -2.56. The van der Waals surface area contributed by atoms with Crippen LogP contribution in [0.25, 0.3) is 0 Å². The van der Waals surface area contributed by atoms with Crippen molar-refractivity contribution in [1.82, 2.24) is 84.7 Å². The van der Waals surface area contributed by atoms with Crippen LogP contribution < -0.4 is 114 Å². The Morgan fingerprint density at radius 2 is 1.00 bits per heavy atom. The Morgan fingerprint density at radius 1 is 0.550 bits per heavy atom. The first-order chi connectivity index (χ1) is 52.3. The molecule has 1 aliphatic heterocycles. The Labute approximate surface area is 643 Å². The van der Waals surface area contributed by atoms with Gasteiger partial charge < -0.3 is 115 Å². The Morgan fingerprint density at radius 3 is 1.44 bits per heavy atom. The van der Waals surface area contributed by atoms with Gasteiger partial charge >= 0.3 is 0 Å². The molecule has 0 aromatic heterocycles. The smallest absolute Gasteiger partial charge is 0.259 e. The molecule has 0 saturated carbocycles. The molecule has 43 heteroatoms. The van der Waals surface area contributed by atoms with Crippen LogP contribution in [0.2, 0.25) is 0 Å². The van der Waals surface area contributed by atoms with Crippen molar-refractivity contribution in [2.75, 3.05) is 19.6 Å². The number of rotatable bonds is 55. The number of primary amides is 2. The molecule has 19 atom stereocenters. The summed E-state index contributed by atoms with van der Waals surface area (Å²) in [5.41, 5.74) is 33.9. The van der Waals surface area contributed by atoms with Gasteiger partial charge in [-0.3, -0.25) is 105 Å². The fourth-order valence-electron chi connectivity index (χ4n) is 10.6. The van der Waals surface area contributed by atoms with Crippen LogP contribution in [0.3, 0.4) is 0 Å². The predicted molar refractivity (Wildman–Crippen MR) is 399 cm³/mol. The van der Waals surface area contributed by atoms with Crippen molar-refractivity contribution in [3.05, 3.63) is 12.2 Å². The number of nitrogens with two attached hydrogens (primary N) is 6. The number of aldehydes is 7. The second-order valence-corrected chi connectivity index (χ2v) is 27.4. The lowest BCUT2D eigenvalue weighted by Crippen LogP contribution is -2.70. The normalized spacial score (nSPS) is 19.0. The van der Waals surface area contributed by atoms with Crippen LogP contribution in [0.1, 0.15) is 140 Å². The molecule has 622 valence electrons. The zero-order valence-corrected chi connectivity index (χ0v) is 64.2. The number of carbonyl (C=O) groups is 20. The number of nitrogens with one attached hydrogen (secondary N) is 15. The number of guanidine groups is 1. The summed E-state index contributed by atoms with van der Waals surface area (Å²) in [6, 6.07) is -15.7. The molecule has 1 rings (SSSR count). The Bertz CT molecular complexity index is 3250. The minimum Gasteiger partial charge on any atom is -0.370 e. The van der Waals surface area contributed by atoms with E-state index < -0.39 is 231 Å². The zero-order chi connectivity index (χ0) is 84.4. The Hall–Kier alpha value is -10.1. The molecule has 0 aromatic carbocycles. The Kier molecular flexibility index (Phi) is 46.4. The van der Waals surface area contributed by atoms with Crippen LogP contribution in [0, 0.1) is 23.7 Å². The van der Waals surface area contributed by atoms with Crippen LogP contribution in [0.15, 0.2) is 17.1 Å². The predicted octanol–water partition coefficient (Wildman–Crippen LogP) is -9.94. The largest absolute Gasteiger partial charge is 0.370 e. The van der Waals surface area contributed by atoms with Crippen molar-refractivity contribution in [2.24, 2.45) is 63.1 Å². The number of Topliss-reactive ketones (excluding diaryl/α,β-unsaturated/α-hetero) is 2. The van der Waals surface area contributed by atoms with E-state index in [1.165, 1.54) is 39.8 Å². The summed E-state index contributed by atoms with van der Waals surface area (Å²) in [7, 11) is 0. The van der Waals surface area contributed by atoms with E-state index in [1.54, 1.807) is 34.6 Å². The maximum absolute atomic E-state index is 15.3. The highest BCUT2D eigenvalue weighted by atomic mass is 16.2. The number of allylic oxidation sites excluding steroid dienone is 1. The van der Waals surface area contributed by atoms with E-state index in [2.05, 4.69) is 84.7 Å². The maximum atomic E-state index is 15.3. The van der Waals surface area contributed by atoms with Crippen molar-refractivity contribution in [2.45, 2.75) is 243 Å². The lowest BCUT2D eigenvalue weighted by atomic mass is 9.94. The van der Waals surface area contributed by atoms with Gasteiger partial charge in [-0.25, -0.2) is 0 Å². The minimum absolute atomic E-state index is 0.0422. The molecular weight excluding hydrogens is 1460 g/mol. The topological polar surface area (TPSA) is 694 Å². The third kappa shape index (κ3) is 36.0. The van der Waals surface area contributed by atoms with E-state index in [4.69, 9.17) is 34.4 Å². The molecule has 0 bridgehead atoms. The molecule has 1 aliphatic rings. The number of nitrogens with zero attached hydrogens (tertiary/aromatic N) is 2. The molecule has 0 unspecified atom stereocenters. The summed E-state index contributed by atoms with van der Waals surface area (Å²) in [5.74, 6) is -18.8. The number of hydrogen-bond acceptors (Lipinski definition) is 30. The average Bonchev–Trinajstić information content (AvgIpc) is 1.26. The second kappa shape index (κ2) is 52.1. The van der Waals surface area contributed by atoms with Gasteiger partial charge in [-0.05, 0) is 76.0 Å². The molecule has 27 N–H and O–H groups in total. The van der Waals surface area contributed by atoms with Gasteiger partial charge in [0.25, 0.3) is 47.3 Å². The molecule has 0 fully saturated rings. The maximum Gasteiger partial charge on any atom is 0.259 e. The highest BCUT2D eigenvalue weighted by molar-refractivity contribution is 6.15. The van der Waals surface area contributed by atoms with E-state index in [9.17, 15) is 76.7 Å². The van der Waals surface area contributed by atoms with Crippen molar-refractivity contribution < 1.29 is 95.9 Å². The first kappa shape index (κ1) is 98.9. The summed E-state index contributed by atoms with van der Waals surface area (Å²) in [4.78, 5) is 277. The molecule has 1 heterocycles. The van der Waals surface area contributed by atoms with Crippen LogP contribution in [-0.2, 0) is 95.9 Å². The lowest BCUT2D eigenvalue weighted by Gasteiger charge is -2.34. The molecule has 111 heavy (non-hydrogen) atoms. The highest BCUT2D eigenvalue weighted by Gasteiger charge is 2.45. The molecule has 11 amide bonds. The fraction of sp³-hybridized carbons (Fsp3) is 0.662. The number of ketones is 2. The van der Waals surface area contributed by atoms with E-state index in [0.717, 1.165) is 0 Å². The summed E-state index contributed by atoms with van der Waals surface area (Å²) < 4.78 is 0. The second-order valence-electron chi connectivity index (χ2n) is 27.4. The average molecular weight is 1570 g/mol. The standard InChI is InChI=1S/C68H115N23O20/c1-11-36(7)44(32-97)77-39(10)78-61(105)59(83-45(33-98)37(8)12-2)90-63(107)54(76-38(9)27-92)87-66(110)58(82-43(31-96)25-34(3)4)89-65(109)57(81-42(30-95)20-22-48(71)101)88-64(108)56(79-40(28-93)17-16-23-75-68(73)74)86-60(104)52(46(99)26-69)91-24-15-13-14-18-49(102)84-55(80-41(29-94)19-21-47(70)100)62(106)85-51(67(91)111)53(103)50(72)35(5)6/h13,15,27-45,50-52,54-59,76-77,79-83H,11-12,14,16-26,69,72H2,1-10H3,(H2,70,100)(H2,71,101)(H,78,105)(H,84,102)(H,85,106)(H,86,104)(H,87,110)(H,88,108)(H,89,109)(H,90,107)(H4,73,74,75)/b15-13+/t36-,37-,38+,39+,40-,41-,42-,43-,44+,45+,50+,51+,52+,54+,55-,56-,57-,58-,59-/m1/s1. The van der Waals surface area contributed by atoms with Gasteiger partial charge in [0.05, 0.1) is 61.0 Å². The van der Waals surface area contributed by atoms with Gasteiger partial charge in [0.15, 0.2) is 66.6 Å². The van der Waals surface area contributed by atoms with Crippen LogP contribution >= 0.6 is 0 Å². The van der Waals surface area contributed by atoms with Crippen molar-refractivity contribution >= 4 is 127 Å². The molecule has 0 aliphatic carbocycles.